The summed E-state index contributed by atoms with van der Waals surface area (Å²) in [5.41, 5.74) is 1.58. The van der Waals surface area contributed by atoms with Gasteiger partial charge in [0.1, 0.15) is 11.3 Å². The molecule has 0 spiro atoms. The molecule has 0 atom stereocenters. The summed E-state index contributed by atoms with van der Waals surface area (Å²) in [5, 5.41) is 0.443. The van der Waals surface area contributed by atoms with Gasteiger partial charge in [0.25, 0.3) is 0 Å². The summed E-state index contributed by atoms with van der Waals surface area (Å²) < 4.78 is 15.5. The van der Waals surface area contributed by atoms with Crippen LogP contribution < -0.4 is 0 Å². The minimum atomic E-state index is -0.323. The van der Waals surface area contributed by atoms with Crippen molar-refractivity contribution in [3.63, 3.8) is 0 Å². The number of rotatable bonds is 0. The molecule has 0 bridgehead atoms. The molecule has 0 aliphatic heterocycles. The lowest BCUT2D eigenvalue weighted by molar-refractivity contribution is 0.628. The molecule has 0 unspecified atom stereocenters. The number of hydrogen-bond donors (Lipinski definition) is 0. The van der Waals surface area contributed by atoms with E-state index in [4.69, 9.17) is 11.6 Å². The van der Waals surface area contributed by atoms with Gasteiger partial charge >= 0.3 is 0 Å². The molecule has 74 valence electrons. The van der Waals surface area contributed by atoms with Gasteiger partial charge in [-0.25, -0.2) is 9.37 Å². The minimum absolute atomic E-state index is 0.323. The first-order valence-corrected chi connectivity index (χ1v) is 4.67. The lowest BCUT2D eigenvalue weighted by Crippen LogP contribution is -1.91. The van der Waals surface area contributed by atoms with Gasteiger partial charge < -0.3 is 4.57 Å². The fourth-order valence-corrected chi connectivity index (χ4v) is 1.65. The van der Waals surface area contributed by atoms with Crippen LogP contribution in [0.2, 0.25) is 5.02 Å². The predicted molar refractivity (Wildman–Crippen MR) is 55.2 cm³/mol. The van der Waals surface area contributed by atoms with Gasteiger partial charge in [-0.1, -0.05) is 11.6 Å². The molecule has 1 aromatic carbocycles. The van der Waals surface area contributed by atoms with E-state index < -0.39 is 0 Å². The van der Waals surface area contributed by atoms with E-state index in [0.29, 0.717) is 16.1 Å². The maximum absolute atomic E-state index is 13.7. The van der Waals surface area contributed by atoms with Gasteiger partial charge in [0.15, 0.2) is 5.82 Å². The second-order valence-corrected chi connectivity index (χ2v) is 3.79. The molecule has 1 heterocycles. The first-order chi connectivity index (χ1) is 6.52. The molecule has 0 aliphatic rings. The fourth-order valence-electron chi connectivity index (χ4n) is 1.46. The van der Waals surface area contributed by atoms with Crippen molar-refractivity contribution in [3.8, 4) is 0 Å². The van der Waals surface area contributed by atoms with E-state index in [1.807, 2.05) is 18.5 Å². The van der Waals surface area contributed by atoms with Crippen molar-refractivity contribution in [2.75, 3.05) is 0 Å². The number of imidazole rings is 1. The highest BCUT2D eigenvalue weighted by atomic mass is 35.5. The summed E-state index contributed by atoms with van der Waals surface area (Å²) in [5.74, 6) is 0.455. The van der Waals surface area contributed by atoms with Gasteiger partial charge in [0.2, 0.25) is 0 Å². The number of aromatic nitrogens is 2. The largest absolute Gasteiger partial charge is 0.331 e. The van der Waals surface area contributed by atoms with Gasteiger partial charge in [-0.15, -0.1) is 0 Å². The third kappa shape index (κ3) is 1.12. The van der Waals surface area contributed by atoms with Gasteiger partial charge in [0, 0.05) is 17.6 Å². The van der Waals surface area contributed by atoms with Crippen LogP contribution in [0.5, 0.6) is 0 Å². The number of fused-ring (bicyclic) bond motifs is 1. The van der Waals surface area contributed by atoms with Crippen molar-refractivity contribution >= 4 is 22.6 Å². The van der Waals surface area contributed by atoms with Crippen molar-refractivity contribution in [3.05, 3.63) is 28.3 Å². The molecule has 2 nitrogen and oxygen atoms in total. The first-order valence-electron chi connectivity index (χ1n) is 4.30. The summed E-state index contributed by atoms with van der Waals surface area (Å²) in [6.45, 7) is 3.49. The number of nitrogens with zero attached hydrogens (tertiary/aromatic N) is 2. The van der Waals surface area contributed by atoms with Crippen molar-refractivity contribution in [2.24, 2.45) is 7.05 Å². The number of benzene rings is 1. The zero-order valence-corrected chi connectivity index (χ0v) is 8.98. The van der Waals surface area contributed by atoms with Crippen LogP contribution in [0.1, 0.15) is 11.4 Å². The van der Waals surface area contributed by atoms with Crippen molar-refractivity contribution in [1.82, 2.24) is 9.55 Å². The maximum atomic E-state index is 13.7. The van der Waals surface area contributed by atoms with E-state index in [1.165, 1.54) is 0 Å². The monoisotopic (exact) mass is 212 g/mol. The maximum Gasteiger partial charge on any atom is 0.155 e. The van der Waals surface area contributed by atoms with Crippen LogP contribution >= 0.6 is 11.6 Å². The summed E-state index contributed by atoms with van der Waals surface area (Å²) in [6.07, 6.45) is 0. The van der Waals surface area contributed by atoms with Crippen LogP contribution in [0.4, 0.5) is 4.39 Å². The van der Waals surface area contributed by atoms with Crippen LogP contribution in [0, 0.1) is 19.7 Å². The van der Waals surface area contributed by atoms with Gasteiger partial charge in [-0.05, 0) is 19.9 Å². The molecule has 0 saturated carbocycles. The molecule has 14 heavy (non-hydrogen) atoms. The summed E-state index contributed by atoms with van der Waals surface area (Å²) in [4.78, 5) is 4.14. The Morgan fingerprint density at radius 3 is 2.71 bits per heavy atom. The van der Waals surface area contributed by atoms with Crippen LogP contribution in [-0.4, -0.2) is 9.55 Å². The zero-order chi connectivity index (χ0) is 10.5. The smallest absolute Gasteiger partial charge is 0.155 e. The van der Waals surface area contributed by atoms with Crippen LogP contribution in [0.3, 0.4) is 0 Å². The van der Waals surface area contributed by atoms with E-state index in [9.17, 15) is 4.39 Å². The molecule has 0 aliphatic carbocycles. The molecule has 0 radical (unpaired) electrons. The number of halogens is 2. The normalized spacial score (nSPS) is 11.2. The number of hydrogen-bond acceptors (Lipinski definition) is 1. The second kappa shape index (κ2) is 2.95. The second-order valence-electron chi connectivity index (χ2n) is 3.38. The molecule has 1 aromatic heterocycles. The Labute approximate surface area is 86.3 Å². The highest BCUT2D eigenvalue weighted by molar-refractivity contribution is 6.32. The Morgan fingerprint density at radius 2 is 2.07 bits per heavy atom. The van der Waals surface area contributed by atoms with E-state index in [1.54, 1.807) is 13.0 Å². The molecule has 0 saturated heterocycles. The van der Waals surface area contributed by atoms with Crippen LogP contribution in [0.25, 0.3) is 11.0 Å². The fraction of sp³-hybridized carbons (Fsp3) is 0.300. The van der Waals surface area contributed by atoms with Crippen LogP contribution in [-0.2, 0) is 7.05 Å². The highest BCUT2D eigenvalue weighted by Gasteiger charge is 2.13. The van der Waals surface area contributed by atoms with E-state index in [0.717, 1.165) is 11.3 Å². The molecular formula is C10H10ClFN2. The zero-order valence-electron chi connectivity index (χ0n) is 8.23. The van der Waals surface area contributed by atoms with Gasteiger partial charge in [0.05, 0.1) is 5.52 Å². The SMILES string of the molecule is Cc1c(Cl)cc2c(nc(C)n2C)c1F. The quantitative estimate of drug-likeness (QED) is 0.657. The third-order valence-corrected chi connectivity index (χ3v) is 2.91. The number of aryl methyl sites for hydroxylation is 2. The van der Waals surface area contributed by atoms with Gasteiger partial charge in [-0.2, -0.15) is 0 Å². The average Bonchev–Trinajstić information content (AvgIpc) is 2.42. The molecule has 2 aromatic rings. The lowest BCUT2D eigenvalue weighted by Gasteiger charge is -2.01. The first kappa shape index (κ1) is 9.46. The molecule has 4 heteroatoms. The van der Waals surface area contributed by atoms with E-state index in [2.05, 4.69) is 4.98 Å². The summed E-state index contributed by atoms with van der Waals surface area (Å²) >= 11 is 5.89. The Hall–Kier alpha value is -1.09. The minimum Gasteiger partial charge on any atom is -0.331 e. The van der Waals surface area contributed by atoms with Crippen molar-refractivity contribution < 1.29 is 4.39 Å². The molecule has 0 fully saturated rings. The van der Waals surface area contributed by atoms with E-state index >= 15 is 0 Å². The van der Waals surface area contributed by atoms with Crippen molar-refractivity contribution in [1.29, 1.82) is 0 Å². The topological polar surface area (TPSA) is 17.8 Å². The third-order valence-electron chi connectivity index (χ3n) is 2.52. The summed E-state index contributed by atoms with van der Waals surface area (Å²) in [7, 11) is 1.84. The molecular weight excluding hydrogens is 203 g/mol. The molecule has 0 N–H and O–H groups in total. The Kier molecular flexibility index (Phi) is 2.00. The molecule has 0 amide bonds. The Bertz CT molecular complexity index is 517. The summed E-state index contributed by atoms with van der Waals surface area (Å²) in [6, 6.07) is 1.75. The Balaban J connectivity index is 2.98. The predicted octanol–water partition coefficient (Wildman–Crippen LogP) is 2.98. The average molecular weight is 213 g/mol. The van der Waals surface area contributed by atoms with Crippen LogP contribution in [0.15, 0.2) is 6.07 Å². The standard InChI is InChI=1S/C10H10ClFN2/c1-5-7(11)4-8-10(9(5)12)13-6(2)14(8)3/h4H,1-3H3. The lowest BCUT2D eigenvalue weighted by atomic mass is 10.2. The Morgan fingerprint density at radius 1 is 1.43 bits per heavy atom. The van der Waals surface area contributed by atoms with Crippen molar-refractivity contribution in [2.45, 2.75) is 13.8 Å². The van der Waals surface area contributed by atoms with Gasteiger partial charge in [-0.3, -0.25) is 0 Å². The molecule has 2 rings (SSSR count). The highest BCUT2D eigenvalue weighted by Crippen LogP contribution is 2.27. The van der Waals surface area contributed by atoms with E-state index in [-0.39, 0.29) is 5.82 Å².